The van der Waals surface area contributed by atoms with Crippen molar-refractivity contribution in [2.45, 2.75) is 12.8 Å². The summed E-state index contributed by atoms with van der Waals surface area (Å²) in [4.78, 5) is 14.9. The fourth-order valence-corrected chi connectivity index (χ4v) is 1.79. The van der Waals surface area contributed by atoms with E-state index in [1.54, 1.807) is 19.2 Å². The van der Waals surface area contributed by atoms with Gasteiger partial charge in [0.05, 0.1) is 7.11 Å². The van der Waals surface area contributed by atoms with Crippen LogP contribution in [0.2, 0.25) is 0 Å². The topological polar surface area (TPSA) is 38.7 Å². The fourth-order valence-electron chi connectivity index (χ4n) is 1.79. The number of ether oxygens (including phenoxy) is 1. The summed E-state index contributed by atoms with van der Waals surface area (Å²) in [6.45, 7) is 1.96. The van der Waals surface area contributed by atoms with E-state index in [-0.39, 0.29) is 5.92 Å². The Bertz CT molecular complexity index is 475. The number of methoxy groups -OCH3 is 1. The minimum Gasteiger partial charge on any atom is -0.496 e. The Morgan fingerprint density at radius 2 is 2.25 bits per heavy atom. The number of benzene rings is 1. The van der Waals surface area contributed by atoms with Crippen molar-refractivity contribution < 1.29 is 9.53 Å². The van der Waals surface area contributed by atoms with Gasteiger partial charge in [-0.15, -0.1) is 0 Å². The molecule has 1 heterocycles. The van der Waals surface area contributed by atoms with Gasteiger partial charge in [0.1, 0.15) is 12.0 Å². The number of nitrogens with zero attached hydrogens (tertiary/aromatic N) is 1. The molecule has 1 aliphatic heterocycles. The maximum Gasteiger partial charge on any atom is 0.150 e. The Morgan fingerprint density at radius 1 is 1.44 bits per heavy atom. The first-order valence-corrected chi connectivity index (χ1v) is 5.10. The van der Waals surface area contributed by atoms with Crippen molar-refractivity contribution in [3.05, 3.63) is 41.1 Å². The highest BCUT2D eigenvalue weighted by molar-refractivity contribution is 5.79. The lowest BCUT2D eigenvalue weighted by atomic mass is 9.98. The monoisotopic (exact) mass is 215 g/mol. The van der Waals surface area contributed by atoms with Crippen LogP contribution in [0.1, 0.15) is 28.8 Å². The molecule has 3 nitrogen and oxygen atoms in total. The molecule has 1 unspecified atom stereocenters. The Balaban J connectivity index is 2.41. The molecule has 3 heteroatoms. The van der Waals surface area contributed by atoms with Crippen molar-refractivity contribution >= 4 is 12.5 Å². The molecule has 0 aliphatic carbocycles. The third-order valence-electron chi connectivity index (χ3n) is 2.61. The summed E-state index contributed by atoms with van der Waals surface area (Å²) < 4.78 is 5.29. The Labute approximate surface area is 94.5 Å². The van der Waals surface area contributed by atoms with Crippen LogP contribution in [0.4, 0.5) is 0 Å². The first-order chi connectivity index (χ1) is 7.74. The quantitative estimate of drug-likeness (QED) is 0.727. The van der Waals surface area contributed by atoms with Gasteiger partial charge in [-0.2, -0.15) is 0 Å². The van der Waals surface area contributed by atoms with Crippen LogP contribution in [0, 0.1) is 0 Å². The highest BCUT2D eigenvalue weighted by Gasteiger charge is 2.15. The summed E-state index contributed by atoms with van der Waals surface area (Å²) in [6, 6.07) is 5.45. The van der Waals surface area contributed by atoms with E-state index in [4.69, 9.17) is 4.74 Å². The van der Waals surface area contributed by atoms with E-state index in [2.05, 4.69) is 11.1 Å². The van der Waals surface area contributed by atoms with Crippen molar-refractivity contribution in [3.8, 4) is 5.75 Å². The molecule has 0 saturated heterocycles. The minimum absolute atomic E-state index is 0.149. The number of carbonyl (C=O) groups excluding carboxylic acids is 1. The van der Waals surface area contributed by atoms with Gasteiger partial charge in [-0.1, -0.05) is 18.2 Å². The van der Waals surface area contributed by atoms with Crippen LogP contribution < -0.4 is 4.74 Å². The molecule has 1 aromatic rings. The molecule has 0 fully saturated rings. The van der Waals surface area contributed by atoms with Gasteiger partial charge in [0, 0.05) is 29.0 Å². The molecule has 1 aromatic carbocycles. The summed E-state index contributed by atoms with van der Waals surface area (Å²) in [5.74, 6) is 0.877. The van der Waals surface area contributed by atoms with Crippen LogP contribution >= 0.6 is 0 Å². The van der Waals surface area contributed by atoms with Crippen LogP contribution in [0.5, 0.6) is 5.75 Å². The second-order valence-electron chi connectivity index (χ2n) is 3.73. The minimum atomic E-state index is 0.149. The van der Waals surface area contributed by atoms with Gasteiger partial charge in [-0.25, -0.2) is 0 Å². The zero-order valence-corrected chi connectivity index (χ0v) is 9.31. The van der Waals surface area contributed by atoms with E-state index in [1.165, 1.54) is 0 Å². The highest BCUT2D eigenvalue weighted by Crippen LogP contribution is 2.30. The maximum absolute atomic E-state index is 10.7. The number of allylic oxidation sites excluding steroid dienone is 2. The highest BCUT2D eigenvalue weighted by atomic mass is 16.5. The first kappa shape index (κ1) is 10.6. The lowest BCUT2D eigenvalue weighted by Crippen LogP contribution is -1.99. The maximum atomic E-state index is 10.7. The molecule has 1 atom stereocenters. The summed E-state index contributed by atoms with van der Waals surface area (Å²) in [5.41, 5.74) is 2.66. The molecular weight excluding hydrogens is 202 g/mol. The molecule has 82 valence electrons. The van der Waals surface area contributed by atoms with E-state index in [0.29, 0.717) is 5.56 Å². The summed E-state index contributed by atoms with van der Waals surface area (Å²) in [5, 5.41) is 0. The normalized spacial score (nSPS) is 18.4. The molecule has 0 radical (unpaired) electrons. The Morgan fingerprint density at radius 3 is 2.81 bits per heavy atom. The molecule has 0 N–H and O–H groups in total. The van der Waals surface area contributed by atoms with E-state index in [9.17, 15) is 4.79 Å². The molecular formula is C13H13NO2. The second kappa shape index (κ2) is 4.31. The van der Waals surface area contributed by atoms with Crippen LogP contribution in [0.3, 0.4) is 0 Å². The van der Waals surface area contributed by atoms with Crippen LogP contribution in [0.25, 0.3) is 0 Å². The van der Waals surface area contributed by atoms with Gasteiger partial charge in [-0.3, -0.25) is 9.79 Å². The largest absolute Gasteiger partial charge is 0.496 e. The summed E-state index contributed by atoms with van der Waals surface area (Å²) in [6.07, 6.45) is 4.77. The SMILES string of the molecule is COc1cc(C=O)ccc1C1C=NC(C)=C1. The van der Waals surface area contributed by atoms with Gasteiger partial charge in [0.25, 0.3) is 0 Å². The predicted octanol–water partition coefficient (Wildman–Crippen LogP) is 2.58. The standard InChI is InChI=1S/C13H13NO2/c1-9-5-11(7-14-9)12-4-3-10(8-15)6-13(12)16-2/h3-8,11H,1-2H3. The predicted molar refractivity (Wildman–Crippen MR) is 63.4 cm³/mol. The van der Waals surface area contributed by atoms with E-state index < -0.39 is 0 Å². The zero-order valence-electron chi connectivity index (χ0n) is 9.31. The molecule has 0 bridgehead atoms. The summed E-state index contributed by atoms with van der Waals surface area (Å²) in [7, 11) is 1.61. The number of hydrogen-bond acceptors (Lipinski definition) is 3. The molecule has 16 heavy (non-hydrogen) atoms. The number of carbonyl (C=O) groups is 1. The number of aldehydes is 1. The van der Waals surface area contributed by atoms with Crippen LogP contribution in [0.15, 0.2) is 35.0 Å². The van der Waals surface area contributed by atoms with Crippen LogP contribution in [-0.4, -0.2) is 19.6 Å². The van der Waals surface area contributed by atoms with Crippen molar-refractivity contribution in [2.75, 3.05) is 7.11 Å². The van der Waals surface area contributed by atoms with Gasteiger partial charge >= 0.3 is 0 Å². The zero-order chi connectivity index (χ0) is 11.5. The second-order valence-corrected chi connectivity index (χ2v) is 3.73. The van der Waals surface area contributed by atoms with Crippen molar-refractivity contribution in [1.29, 1.82) is 0 Å². The average Bonchev–Trinajstić information content (AvgIpc) is 2.74. The van der Waals surface area contributed by atoms with Crippen molar-refractivity contribution in [3.63, 3.8) is 0 Å². The van der Waals surface area contributed by atoms with Crippen molar-refractivity contribution in [1.82, 2.24) is 0 Å². The number of aliphatic imine (C=N–C) groups is 1. The van der Waals surface area contributed by atoms with E-state index in [0.717, 1.165) is 23.3 Å². The van der Waals surface area contributed by atoms with Gasteiger partial charge < -0.3 is 4.74 Å². The third-order valence-corrected chi connectivity index (χ3v) is 2.61. The average molecular weight is 215 g/mol. The number of rotatable bonds is 3. The van der Waals surface area contributed by atoms with Gasteiger partial charge in [-0.05, 0) is 13.0 Å². The fraction of sp³-hybridized carbons (Fsp3) is 0.231. The molecule has 0 saturated carbocycles. The Hall–Kier alpha value is -1.90. The van der Waals surface area contributed by atoms with E-state index >= 15 is 0 Å². The molecule has 1 aliphatic rings. The van der Waals surface area contributed by atoms with Crippen LogP contribution in [-0.2, 0) is 0 Å². The van der Waals surface area contributed by atoms with Crippen molar-refractivity contribution in [2.24, 2.45) is 4.99 Å². The molecule has 0 amide bonds. The lowest BCUT2D eigenvalue weighted by molar-refractivity contribution is 0.112. The van der Waals surface area contributed by atoms with E-state index in [1.807, 2.05) is 19.2 Å². The molecule has 0 aromatic heterocycles. The van der Waals surface area contributed by atoms with Gasteiger partial charge in [0.2, 0.25) is 0 Å². The third kappa shape index (κ3) is 1.89. The Kier molecular flexibility index (Phi) is 2.86. The first-order valence-electron chi connectivity index (χ1n) is 5.10. The van der Waals surface area contributed by atoms with Gasteiger partial charge in [0.15, 0.2) is 0 Å². The molecule has 2 rings (SSSR count). The number of hydrogen-bond donors (Lipinski definition) is 0. The molecule has 0 spiro atoms. The lowest BCUT2D eigenvalue weighted by Gasteiger charge is -2.11. The smallest absolute Gasteiger partial charge is 0.150 e. The summed E-state index contributed by atoms with van der Waals surface area (Å²) >= 11 is 0.